The molecule has 3 atom stereocenters. The zero-order chi connectivity index (χ0) is 35.2. The van der Waals surface area contributed by atoms with Crippen molar-refractivity contribution in [3.05, 3.63) is 88.2 Å². The zero-order valence-corrected chi connectivity index (χ0v) is 27.7. The molecular weight excluding hydrogens is 633 g/mol. The van der Waals surface area contributed by atoms with Gasteiger partial charge >= 0.3 is 6.18 Å². The van der Waals surface area contributed by atoms with Gasteiger partial charge in [0.15, 0.2) is 5.69 Å². The molecular formula is C35H44F5N5O3. The van der Waals surface area contributed by atoms with Gasteiger partial charge in [-0.05, 0) is 88.3 Å². The van der Waals surface area contributed by atoms with Crippen molar-refractivity contribution in [3.63, 3.8) is 0 Å². The van der Waals surface area contributed by atoms with Gasteiger partial charge in [-0.3, -0.25) is 14.3 Å². The van der Waals surface area contributed by atoms with Crippen LogP contribution in [0.3, 0.4) is 0 Å². The number of hydrogen-bond acceptors (Lipinski definition) is 5. The van der Waals surface area contributed by atoms with Crippen LogP contribution in [0.25, 0.3) is 0 Å². The first-order valence-electron chi connectivity index (χ1n) is 16.4. The molecule has 3 aromatic rings. The molecule has 0 aliphatic carbocycles. The number of carbonyl (C=O) groups is 2. The van der Waals surface area contributed by atoms with Crippen LogP contribution in [0.2, 0.25) is 0 Å². The lowest BCUT2D eigenvalue weighted by Crippen LogP contribution is -2.51. The van der Waals surface area contributed by atoms with Crippen LogP contribution in [0.1, 0.15) is 97.5 Å². The van der Waals surface area contributed by atoms with Gasteiger partial charge in [-0.2, -0.15) is 18.3 Å². The van der Waals surface area contributed by atoms with E-state index in [1.54, 1.807) is 20.8 Å². The summed E-state index contributed by atoms with van der Waals surface area (Å²) in [7, 11) is 0. The molecule has 1 unspecified atom stereocenters. The standard InChI is InChI=1S/C35H44F5N5O3/c1-5-10-27-13-7-8-14-44(27)33(48)30-20-29(43-45(30)6-2)32(47)42-28(17-22-15-25(36)19-26(37)16-22)31(46)21-41-34(3,4)23-11-9-12-24(18-23)35(38,39)40/h9,11-12,15-16,18-20,27-28,31,41,46H,5-8,10,13-14,17,21H2,1-4H3,(H,42,47)/t27?,28-,31-/m0/s1. The van der Waals surface area contributed by atoms with Gasteiger partial charge in [0.05, 0.1) is 17.7 Å². The third-order valence-electron chi connectivity index (χ3n) is 8.86. The predicted octanol–water partition coefficient (Wildman–Crippen LogP) is 6.22. The molecule has 0 radical (unpaired) electrons. The highest BCUT2D eigenvalue weighted by molar-refractivity contribution is 5.98. The number of aliphatic hydroxyl groups is 1. The van der Waals surface area contributed by atoms with E-state index in [1.807, 2.05) is 4.90 Å². The number of aliphatic hydroxyl groups excluding tert-OH is 1. The second-order valence-corrected chi connectivity index (χ2v) is 12.9. The van der Waals surface area contributed by atoms with Gasteiger partial charge < -0.3 is 20.6 Å². The number of benzene rings is 2. The van der Waals surface area contributed by atoms with Crippen LogP contribution in [0.15, 0.2) is 48.5 Å². The maximum absolute atomic E-state index is 14.1. The molecule has 48 heavy (non-hydrogen) atoms. The Balaban J connectivity index is 1.56. The summed E-state index contributed by atoms with van der Waals surface area (Å²) in [5.41, 5.74) is -1.19. The Morgan fingerprint density at radius 3 is 2.35 bits per heavy atom. The Morgan fingerprint density at radius 2 is 1.71 bits per heavy atom. The highest BCUT2D eigenvalue weighted by Gasteiger charge is 2.34. The molecule has 2 aromatic carbocycles. The lowest BCUT2D eigenvalue weighted by atomic mass is 9.92. The summed E-state index contributed by atoms with van der Waals surface area (Å²) in [6.07, 6.45) is -1.44. The van der Waals surface area contributed by atoms with Crippen molar-refractivity contribution < 1.29 is 36.6 Å². The molecule has 262 valence electrons. The molecule has 1 saturated heterocycles. The number of carbonyl (C=O) groups excluding carboxylic acids is 2. The first kappa shape index (κ1) is 37.0. The molecule has 4 rings (SSSR count). The fraction of sp³-hybridized carbons (Fsp3) is 0.514. The van der Waals surface area contributed by atoms with E-state index < -0.39 is 47.0 Å². The van der Waals surface area contributed by atoms with Crippen LogP contribution in [-0.2, 0) is 24.7 Å². The van der Waals surface area contributed by atoms with Crippen molar-refractivity contribution in [2.75, 3.05) is 13.1 Å². The molecule has 1 aromatic heterocycles. The quantitative estimate of drug-likeness (QED) is 0.187. The van der Waals surface area contributed by atoms with Crippen LogP contribution in [-0.4, -0.2) is 62.9 Å². The molecule has 13 heteroatoms. The van der Waals surface area contributed by atoms with Crippen molar-refractivity contribution in [2.24, 2.45) is 0 Å². The van der Waals surface area contributed by atoms with E-state index in [0.29, 0.717) is 24.7 Å². The van der Waals surface area contributed by atoms with Crippen LogP contribution >= 0.6 is 0 Å². The number of nitrogens with zero attached hydrogens (tertiary/aromatic N) is 3. The number of piperidine rings is 1. The number of aromatic nitrogens is 2. The number of rotatable bonds is 13. The lowest BCUT2D eigenvalue weighted by Gasteiger charge is -2.35. The molecule has 0 saturated carbocycles. The lowest BCUT2D eigenvalue weighted by molar-refractivity contribution is -0.137. The number of nitrogens with one attached hydrogen (secondary N) is 2. The molecule has 0 spiro atoms. The molecule has 1 aliphatic heterocycles. The highest BCUT2D eigenvalue weighted by atomic mass is 19.4. The van der Waals surface area contributed by atoms with E-state index in [-0.39, 0.29) is 41.9 Å². The van der Waals surface area contributed by atoms with Gasteiger partial charge in [0.2, 0.25) is 0 Å². The summed E-state index contributed by atoms with van der Waals surface area (Å²) in [6.45, 7) is 7.90. The molecule has 2 heterocycles. The Labute approximate surface area is 277 Å². The number of hydrogen-bond donors (Lipinski definition) is 3. The van der Waals surface area contributed by atoms with Crippen molar-refractivity contribution in [1.82, 2.24) is 25.3 Å². The predicted molar refractivity (Wildman–Crippen MR) is 171 cm³/mol. The number of halogens is 5. The van der Waals surface area contributed by atoms with Gasteiger partial charge in [-0.25, -0.2) is 8.78 Å². The second-order valence-electron chi connectivity index (χ2n) is 12.9. The minimum Gasteiger partial charge on any atom is -0.390 e. The van der Waals surface area contributed by atoms with Gasteiger partial charge in [0, 0.05) is 43.3 Å². The maximum atomic E-state index is 14.1. The topological polar surface area (TPSA) is 99.5 Å². The third-order valence-corrected chi connectivity index (χ3v) is 8.86. The van der Waals surface area contributed by atoms with E-state index in [9.17, 15) is 36.6 Å². The monoisotopic (exact) mass is 677 g/mol. The van der Waals surface area contributed by atoms with Crippen molar-refractivity contribution in [2.45, 2.75) is 103 Å². The average molecular weight is 678 g/mol. The van der Waals surface area contributed by atoms with Gasteiger partial charge in [0.1, 0.15) is 17.3 Å². The number of aryl methyl sites for hydroxylation is 1. The van der Waals surface area contributed by atoms with Crippen molar-refractivity contribution in [1.29, 1.82) is 0 Å². The molecule has 3 N–H and O–H groups in total. The minimum absolute atomic E-state index is 0.0656. The Bertz CT molecular complexity index is 1550. The van der Waals surface area contributed by atoms with Crippen LogP contribution in [0.4, 0.5) is 22.0 Å². The van der Waals surface area contributed by atoms with Crippen molar-refractivity contribution in [3.8, 4) is 0 Å². The number of likely N-dealkylation sites (tertiary alicyclic amines) is 1. The Kier molecular flexibility index (Phi) is 12.0. The summed E-state index contributed by atoms with van der Waals surface area (Å²) in [5, 5.41) is 21.4. The van der Waals surface area contributed by atoms with Crippen LogP contribution in [0, 0.1) is 11.6 Å². The average Bonchev–Trinajstić information content (AvgIpc) is 3.47. The maximum Gasteiger partial charge on any atom is 0.416 e. The fourth-order valence-corrected chi connectivity index (χ4v) is 6.19. The number of amides is 2. The number of alkyl halides is 3. The smallest absolute Gasteiger partial charge is 0.390 e. The largest absolute Gasteiger partial charge is 0.416 e. The highest BCUT2D eigenvalue weighted by Crippen LogP contribution is 2.32. The molecule has 8 nitrogen and oxygen atoms in total. The Hall–Kier alpha value is -3.84. The van der Waals surface area contributed by atoms with Gasteiger partial charge in [-0.1, -0.05) is 25.5 Å². The first-order valence-corrected chi connectivity index (χ1v) is 16.4. The summed E-state index contributed by atoms with van der Waals surface area (Å²) in [4.78, 5) is 29.1. The summed E-state index contributed by atoms with van der Waals surface area (Å²) in [6, 6.07) is 8.10. The second kappa shape index (κ2) is 15.6. The summed E-state index contributed by atoms with van der Waals surface area (Å²) < 4.78 is 69.7. The third kappa shape index (κ3) is 9.19. The SMILES string of the molecule is CCCC1CCCCN1C(=O)c1cc(C(=O)N[C@@H](Cc2cc(F)cc(F)c2)[C@@H](O)CNC(C)(C)c2cccc(C(F)(F)F)c2)nn1CC. The van der Waals surface area contributed by atoms with E-state index in [0.717, 1.165) is 56.4 Å². The first-order chi connectivity index (χ1) is 22.6. The van der Waals surface area contributed by atoms with Gasteiger partial charge in [-0.15, -0.1) is 0 Å². The summed E-state index contributed by atoms with van der Waals surface area (Å²) in [5.74, 6) is -2.60. The summed E-state index contributed by atoms with van der Waals surface area (Å²) >= 11 is 0. The molecule has 0 bridgehead atoms. The van der Waals surface area contributed by atoms with E-state index in [2.05, 4.69) is 22.7 Å². The zero-order valence-electron chi connectivity index (χ0n) is 27.7. The molecule has 1 fully saturated rings. The van der Waals surface area contributed by atoms with Crippen molar-refractivity contribution >= 4 is 11.8 Å². The van der Waals surface area contributed by atoms with Crippen LogP contribution < -0.4 is 10.6 Å². The normalized spacial score (nSPS) is 16.9. The van der Waals surface area contributed by atoms with Gasteiger partial charge in [0.25, 0.3) is 11.8 Å². The molecule has 1 aliphatic rings. The molecule has 2 amide bonds. The van der Waals surface area contributed by atoms with E-state index in [1.165, 1.54) is 22.9 Å². The Morgan fingerprint density at radius 1 is 1.02 bits per heavy atom. The fourth-order valence-electron chi connectivity index (χ4n) is 6.19. The van der Waals surface area contributed by atoms with E-state index >= 15 is 0 Å². The van der Waals surface area contributed by atoms with E-state index in [4.69, 9.17) is 0 Å². The van der Waals surface area contributed by atoms with Crippen LogP contribution in [0.5, 0.6) is 0 Å². The minimum atomic E-state index is -4.54.